The largest absolute Gasteiger partial charge is 0.462 e. The molecular formula is C65H118O5. The van der Waals surface area contributed by atoms with Crippen molar-refractivity contribution >= 4 is 11.9 Å². The van der Waals surface area contributed by atoms with Crippen LogP contribution >= 0.6 is 0 Å². The SMILES string of the molecule is CC/C=C\C/C=C\C/C=C\C/C=C\CCCCCCCCC(=O)OCC(COCCCCCCCCCCCCCCCCCC)OC(=O)CCCCCCCCCCC/C=C\CCCCCCCC. The van der Waals surface area contributed by atoms with Crippen LogP contribution in [0.3, 0.4) is 0 Å². The molecule has 0 aliphatic heterocycles. The molecule has 0 aromatic carbocycles. The summed E-state index contributed by atoms with van der Waals surface area (Å²) in [6, 6.07) is 0. The minimum Gasteiger partial charge on any atom is -0.462 e. The first kappa shape index (κ1) is 67.6. The third kappa shape index (κ3) is 58.2. The lowest BCUT2D eigenvalue weighted by molar-refractivity contribution is -0.163. The van der Waals surface area contributed by atoms with E-state index >= 15 is 0 Å². The summed E-state index contributed by atoms with van der Waals surface area (Å²) in [5.41, 5.74) is 0. The highest BCUT2D eigenvalue weighted by Crippen LogP contribution is 2.16. The maximum atomic E-state index is 12.9. The van der Waals surface area contributed by atoms with Crippen LogP contribution in [0.2, 0.25) is 0 Å². The van der Waals surface area contributed by atoms with Crippen molar-refractivity contribution in [1.82, 2.24) is 0 Å². The highest BCUT2D eigenvalue weighted by atomic mass is 16.6. The van der Waals surface area contributed by atoms with Gasteiger partial charge in [-0.2, -0.15) is 0 Å². The molecule has 0 aromatic heterocycles. The summed E-state index contributed by atoms with van der Waals surface area (Å²) in [6.45, 7) is 7.75. The van der Waals surface area contributed by atoms with Gasteiger partial charge in [0.2, 0.25) is 0 Å². The Hall–Kier alpha value is -2.40. The number of unbranched alkanes of at least 4 members (excludes halogenated alkanes) is 36. The summed E-state index contributed by atoms with van der Waals surface area (Å²) < 4.78 is 17.5. The van der Waals surface area contributed by atoms with Gasteiger partial charge >= 0.3 is 11.9 Å². The van der Waals surface area contributed by atoms with Crippen molar-refractivity contribution in [2.75, 3.05) is 19.8 Å². The average molecular weight is 980 g/mol. The monoisotopic (exact) mass is 979 g/mol. The van der Waals surface area contributed by atoms with Crippen LogP contribution in [0.5, 0.6) is 0 Å². The van der Waals surface area contributed by atoms with Crippen LogP contribution < -0.4 is 0 Å². The van der Waals surface area contributed by atoms with E-state index in [-0.39, 0.29) is 25.2 Å². The Morgan fingerprint density at radius 2 is 0.643 bits per heavy atom. The number of esters is 2. The minimum atomic E-state index is -0.543. The van der Waals surface area contributed by atoms with E-state index in [2.05, 4.69) is 81.5 Å². The number of hydrogen-bond acceptors (Lipinski definition) is 5. The maximum Gasteiger partial charge on any atom is 0.306 e. The van der Waals surface area contributed by atoms with E-state index in [1.54, 1.807) is 0 Å². The molecule has 0 rings (SSSR count). The minimum absolute atomic E-state index is 0.0797. The van der Waals surface area contributed by atoms with Gasteiger partial charge in [0.25, 0.3) is 0 Å². The van der Waals surface area contributed by atoms with E-state index in [9.17, 15) is 9.59 Å². The molecule has 0 aliphatic carbocycles. The molecule has 0 amide bonds. The van der Waals surface area contributed by atoms with Crippen molar-refractivity contribution in [2.45, 2.75) is 322 Å². The van der Waals surface area contributed by atoms with Crippen molar-refractivity contribution in [2.24, 2.45) is 0 Å². The fourth-order valence-electron chi connectivity index (χ4n) is 8.97. The number of rotatable bonds is 57. The van der Waals surface area contributed by atoms with Crippen LogP contribution in [-0.2, 0) is 23.8 Å². The quantitative estimate of drug-likeness (QED) is 0.0345. The fraction of sp³-hybridized carbons (Fsp3) is 0.815. The van der Waals surface area contributed by atoms with Gasteiger partial charge in [0, 0.05) is 19.4 Å². The van der Waals surface area contributed by atoms with Gasteiger partial charge in [-0.15, -0.1) is 0 Å². The van der Waals surface area contributed by atoms with Gasteiger partial charge < -0.3 is 14.2 Å². The van der Waals surface area contributed by atoms with E-state index in [0.717, 1.165) is 70.6 Å². The molecule has 0 bridgehead atoms. The molecule has 0 heterocycles. The van der Waals surface area contributed by atoms with Gasteiger partial charge in [-0.1, -0.05) is 281 Å². The third-order valence-electron chi connectivity index (χ3n) is 13.5. The molecule has 0 aromatic rings. The summed E-state index contributed by atoms with van der Waals surface area (Å²) in [5.74, 6) is -0.399. The summed E-state index contributed by atoms with van der Waals surface area (Å²) in [4.78, 5) is 25.6. The smallest absolute Gasteiger partial charge is 0.306 e. The first-order valence-corrected chi connectivity index (χ1v) is 30.8. The van der Waals surface area contributed by atoms with Crippen molar-refractivity contribution in [1.29, 1.82) is 0 Å². The lowest BCUT2D eigenvalue weighted by Gasteiger charge is -2.18. The Kier molecular flexibility index (Phi) is 58.8. The number of allylic oxidation sites excluding steroid dienone is 10. The highest BCUT2D eigenvalue weighted by Gasteiger charge is 2.17. The Morgan fingerprint density at radius 1 is 0.329 bits per heavy atom. The summed E-state index contributed by atoms with van der Waals surface area (Å²) in [6.07, 6.45) is 78.2. The predicted octanol–water partition coefficient (Wildman–Crippen LogP) is 21.2. The molecule has 0 saturated heterocycles. The Balaban J connectivity index is 4.27. The predicted molar refractivity (Wildman–Crippen MR) is 307 cm³/mol. The summed E-state index contributed by atoms with van der Waals surface area (Å²) in [7, 11) is 0. The summed E-state index contributed by atoms with van der Waals surface area (Å²) >= 11 is 0. The number of carbonyl (C=O) groups is 2. The molecule has 1 unspecified atom stereocenters. The maximum absolute atomic E-state index is 12.9. The molecule has 1 atom stereocenters. The second kappa shape index (κ2) is 60.9. The van der Waals surface area contributed by atoms with Crippen LogP contribution in [-0.4, -0.2) is 37.9 Å². The van der Waals surface area contributed by atoms with E-state index in [0.29, 0.717) is 19.4 Å². The molecule has 0 fully saturated rings. The van der Waals surface area contributed by atoms with E-state index in [1.807, 2.05) is 0 Å². The normalized spacial score (nSPS) is 12.6. The first-order chi connectivity index (χ1) is 34.6. The molecule has 0 aliphatic rings. The fourth-order valence-corrected chi connectivity index (χ4v) is 8.97. The number of hydrogen-bond donors (Lipinski definition) is 0. The van der Waals surface area contributed by atoms with Gasteiger partial charge in [-0.05, 0) is 83.5 Å². The van der Waals surface area contributed by atoms with Crippen LogP contribution in [0, 0.1) is 0 Å². The molecule has 5 heteroatoms. The van der Waals surface area contributed by atoms with Crippen molar-refractivity contribution < 1.29 is 23.8 Å². The Labute approximate surface area is 436 Å². The van der Waals surface area contributed by atoms with Crippen LogP contribution in [0.15, 0.2) is 60.8 Å². The molecule has 70 heavy (non-hydrogen) atoms. The molecule has 0 spiro atoms. The lowest BCUT2D eigenvalue weighted by atomic mass is 10.0. The van der Waals surface area contributed by atoms with Crippen LogP contribution in [0.25, 0.3) is 0 Å². The number of carbonyl (C=O) groups excluding carboxylic acids is 2. The van der Waals surface area contributed by atoms with E-state index < -0.39 is 6.10 Å². The second-order valence-electron chi connectivity index (χ2n) is 20.6. The average Bonchev–Trinajstić information content (AvgIpc) is 3.36. The molecule has 0 saturated carbocycles. The second-order valence-corrected chi connectivity index (χ2v) is 20.6. The number of ether oxygens (including phenoxy) is 3. The zero-order valence-electron chi connectivity index (χ0n) is 47.0. The Morgan fingerprint density at radius 3 is 1.04 bits per heavy atom. The molecule has 5 nitrogen and oxygen atoms in total. The van der Waals surface area contributed by atoms with Crippen molar-refractivity contribution in [3.05, 3.63) is 60.8 Å². The van der Waals surface area contributed by atoms with Crippen molar-refractivity contribution in [3.8, 4) is 0 Å². The third-order valence-corrected chi connectivity index (χ3v) is 13.5. The van der Waals surface area contributed by atoms with Gasteiger partial charge in [0.15, 0.2) is 6.10 Å². The zero-order valence-corrected chi connectivity index (χ0v) is 47.0. The van der Waals surface area contributed by atoms with Gasteiger partial charge in [-0.25, -0.2) is 0 Å². The highest BCUT2D eigenvalue weighted by molar-refractivity contribution is 5.70. The molecule has 0 radical (unpaired) electrons. The van der Waals surface area contributed by atoms with E-state index in [1.165, 1.54) is 212 Å². The topological polar surface area (TPSA) is 61.8 Å². The standard InChI is InChI=1S/C65H118O5/c1-4-7-10-13-16-19-22-25-28-31-33-35-37-40-43-46-49-52-55-58-64(66)69-62-63(61-68-60-57-54-51-48-45-42-39-30-27-24-21-18-15-12-9-6-3)70-65(67)59-56-53-50-47-44-41-38-36-34-32-29-26-23-20-17-14-11-8-5-2/h7,10,16,19,25-26,28-29,33,35,63H,4-6,8-9,11-15,17-18,20-24,27,30-32,34,36-62H2,1-3H3/b10-7-,19-16-,28-25-,29-26-,35-33-. The van der Waals surface area contributed by atoms with Gasteiger partial charge in [0.1, 0.15) is 6.61 Å². The lowest BCUT2D eigenvalue weighted by Crippen LogP contribution is -2.30. The van der Waals surface area contributed by atoms with E-state index in [4.69, 9.17) is 14.2 Å². The molecule has 0 N–H and O–H groups in total. The zero-order chi connectivity index (χ0) is 50.6. The van der Waals surface area contributed by atoms with Crippen LogP contribution in [0.1, 0.15) is 316 Å². The van der Waals surface area contributed by atoms with Crippen LogP contribution in [0.4, 0.5) is 0 Å². The van der Waals surface area contributed by atoms with Gasteiger partial charge in [-0.3, -0.25) is 9.59 Å². The first-order valence-electron chi connectivity index (χ1n) is 30.8. The van der Waals surface area contributed by atoms with Crippen molar-refractivity contribution in [3.63, 3.8) is 0 Å². The molecular weight excluding hydrogens is 861 g/mol. The Bertz CT molecular complexity index is 1200. The molecule has 408 valence electrons. The van der Waals surface area contributed by atoms with Gasteiger partial charge in [0.05, 0.1) is 6.61 Å². The summed E-state index contributed by atoms with van der Waals surface area (Å²) in [5, 5.41) is 0.